The van der Waals surface area contributed by atoms with Gasteiger partial charge in [-0.05, 0) is 37.0 Å². The summed E-state index contributed by atoms with van der Waals surface area (Å²) in [7, 11) is 0. The molecule has 0 bridgehead atoms. The number of aryl methyl sites for hydroxylation is 2. The van der Waals surface area contributed by atoms with Crippen molar-refractivity contribution in [1.82, 2.24) is 20.7 Å². The van der Waals surface area contributed by atoms with Crippen LogP contribution in [0.25, 0.3) is 0 Å². The number of benzene rings is 2. The van der Waals surface area contributed by atoms with E-state index in [0.29, 0.717) is 0 Å². The van der Waals surface area contributed by atoms with Crippen molar-refractivity contribution in [3.05, 3.63) is 70.8 Å². The fourth-order valence-corrected chi connectivity index (χ4v) is 4.33. The molecule has 2 aliphatic heterocycles. The Morgan fingerprint density at radius 3 is 2.46 bits per heavy atom. The Morgan fingerprint density at radius 1 is 1.00 bits per heavy atom. The van der Waals surface area contributed by atoms with E-state index in [4.69, 9.17) is 0 Å². The summed E-state index contributed by atoms with van der Waals surface area (Å²) in [5.41, 5.74) is 11.7. The van der Waals surface area contributed by atoms with E-state index in [0.717, 1.165) is 39.1 Å². The zero-order valence-electron chi connectivity index (χ0n) is 16.8. The molecule has 2 atom stereocenters. The number of nitrogens with one attached hydrogen (secondary N) is 2. The zero-order valence-corrected chi connectivity index (χ0v) is 16.8. The molecule has 5 nitrogen and oxygen atoms in total. The van der Waals surface area contributed by atoms with Crippen molar-refractivity contribution in [1.29, 1.82) is 0 Å². The van der Waals surface area contributed by atoms with Crippen LogP contribution in [0.2, 0.25) is 0 Å². The van der Waals surface area contributed by atoms with Crippen LogP contribution in [0.4, 0.5) is 0 Å². The lowest BCUT2D eigenvalue weighted by Crippen LogP contribution is -2.53. The highest BCUT2D eigenvalue weighted by atomic mass is 16.2. The van der Waals surface area contributed by atoms with Gasteiger partial charge in [-0.15, -0.1) is 0 Å². The molecule has 2 aromatic rings. The van der Waals surface area contributed by atoms with Crippen LogP contribution in [0.3, 0.4) is 0 Å². The molecule has 1 amide bonds. The topological polar surface area (TPSA) is 47.6 Å². The van der Waals surface area contributed by atoms with E-state index < -0.39 is 0 Å². The molecule has 2 aliphatic rings. The Balaban J connectivity index is 1.30. The Hall–Kier alpha value is -2.21. The number of hydrogen-bond acceptors (Lipinski definition) is 4. The Morgan fingerprint density at radius 2 is 1.75 bits per heavy atom. The summed E-state index contributed by atoms with van der Waals surface area (Å²) in [6.07, 6.45) is 0.799. The lowest BCUT2D eigenvalue weighted by atomic mass is 9.96. The Kier molecular flexibility index (Phi) is 5.76. The fraction of sp³-hybridized carbons (Fsp3) is 0.435. The van der Waals surface area contributed by atoms with E-state index in [1.807, 2.05) is 11.0 Å². The maximum absolute atomic E-state index is 13.0. The molecular weight excluding hydrogens is 348 g/mol. The molecule has 0 saturated carbocycles. The van der Waals surface area contributed by atoms with Crippen LogP contribution in [0.15, 0.2) is 48.5 Å². The van der Waals surface area contributed by atoms with Gasteiger partial charge in [0, 0.05) is 38.8 Å². The molecule has 2 fully saturated rings. The predicted octanol–water partition coefficient (Wildman–Crippen LogP) is 2.56. The van der Waals surface area contributed by atoms with Crippen molar-refractivity contribution < 1.29 is 4.79 Å². The van der Waals surface area contributed by atoms with Crippen molar-refractivity contribution in [2.24, 2.45) is 0 Å². The fourth-order valence-electron chi connectivity index (χ4n) is 4.33. The van der Waals surface area contributed by atoms with Crippen molar-refractivity contribution in [2.45, 2.75) is 38.9 Å². The van der Waals surface area contributed by atoms with Crippen LogP contribution in [0.5, 0.6) is 0 Å². The highest BCUT2D eigenvalue weighted by Crippen LogP contribution is 2.26. The zero-order chi connectivity index (χ0) is 19.5. The number of carbonyl (C=O) groups excluding carboxylic acids is 1. The third-order valence-electron chi connectivity index (χ3n) is 5.93. The van der Waals surface area contributed by atoms with E-state index >= 15 is 0 Å². The van der Waals surface area contributed by atoms with Gasteiger partial charge in [0.1, 0.15) is 6.04 Å². The molecule has 5 heteroatoms. The minimum Gasteiger partial charge on any atom is -0.339 e. The molecule has 0 aliphatic carbocycles. The maximum Gasteiger partial charge on any atom is 0.241 e. The van der Waals surface area contributed by atoms with Gasteiger partial charge < -0.3 is 4.90 Å². The minimum absolute atomic E-state index is 0.147. The lowest BCUT2D eigenvalue weighted by Gasteiger charge is -2.35. The average molecular weight is 379 g/mol. The molecule has 0 aromatic heterocycles. The number of hydrazine groups is 1. The van der Waals surface area contributed by atoms with Crippen molar-refractivity contribution in [2.75, 3.05) is 26.2 Å². The number of hydrogen-bond donors (Lipinski definition) is 2. The predicted molar refractivity (Wildman–Crippen MR) is 112 cm³/mol. The van der Waals surface area contributed by atoms with Gasteiger partial charge in [-0.2, -0.15) is 0 Å². The second-order valence-corrected chi connectivity index (χ2v) is 8.08. The molecular formula is C23H30N4O. The summed E-state index contributed by atoms with van der Waals surface area (Å²) in [6, 6.07) is 17.1. The second kappa shape index (κ2) is 8.43. The van der Waals surface area contributed by atoms with Crippen LogP contribution >= 0.6 is 0 Å². The van der Waals surface area contributed by atoms with E-state index in [2.05, 4.69) is 72.1 Å². The minimum atomic E-state index is -0.147. The second-order valence-electron chi connectivity index (χ2n) is 8.08. The van der Waals surface area contributed by atoms with Crippen molar-refractivity contribution in [3.63, 3.8) is 0 Å². The summed E-state index contributed by atoms with van der Waals surface area (Å²) in [4.78, 5) is 17.4. The Labute approximate surface area is 167 Å². The summed E-state index contributed by atoms with van der Waals surface area (Å²) in [5.74, 6) is 0.221. The van der Waals surface area contributed by atoms with Gasteiger partial charge in [0.15, 0.2) is 0 Å². The van der Waals surface area contributed by atoms with Crippen LogP contribution < -0.4 is 10.9 Å². The number of amides is 1. The molecule has 2 unspecified atom stereocenters. The van der Waals surface area contributed by atoms with E-state index in [-0.39, 0.29) is 18.0 Å². The van der Waals surface area contributed by atoms with Gasteiger partial charge >= 0.3 is 0 Å². The SMILES string of the molecule is Cc1ccc(C2CC(C(=O)N3CCN(Cc4ccccc4)CC3)NN2)c(C)c1. The van der Waals surface area contributed by atoms with E-state index in [1.165, 1.54) is 22.3 Å². The molecule has 148 valence electrons. The summed E-state index contributed by atoms with van der Waals surface area (Å²) >= 11 is 0. The molecule has 2 N–H and O–H groups in total. The number of piperazine rings is 1. The van der Waals surface area contributed by atoms with Crippen molar-refractivity contribution >= 4 is 5.91 Å². The van der Waals surface area contributed by atoms with Crippen LogP contribution in [-0.2, 0) is 11.3 Å². The molecule has 2 heterocycles. The first-order chi connectivity index (χ1) is 13.6. The van der Waals surface area contributed by atoms with Gasteiger partial charge in [-0.25, -0.2) is 10.9 Å². The van der Waals surface area contributed by atoms with Gasteiger partial charge in [-0.1, -0.05) is 54.1 Å². The van der Waals surface area contributed by atoms with E-state index in [9.17, 15) is 4.79 Å². The summed E-state index contributed by atoms with van der Waals surface area (Å²) in [6.45, 7) is 8.69. The molecule has 0 spiro atoms. The van der Waals surface area contributed by atoms with Gasteiger partial charge in [-0.3, -0.25) is 9.69 Å². The monoisotopic (exact) mass is 378 g/mol. The highest BCUT2D eigenvalue weighted by molar-refractivity contribution is 5.82. The molecule has 2 aromatic carbocycles. The summed E-state index contributed by atoms with van der Waals surface area (Å²) < 4.78 is 0. The maximum atomic E-state index is 13.0. The first-order valence-corrected chi connectivity index (χ1v) is 10.2. The molecule has 0 radical (unpaired) electrons. The van der Waals surface area contributed by atoms with Crippen molar-refractivity contribution in [3.8, 4) is 0 Å². The standard InChI is InChI=1S/C23H30N4O/c1-17-8-9-20(18(2)14-17)21-15-22(25-24-21)23(28)27-12-10-26(11-13-27)16-19-6-4-3-5-7-19/h3-9,14,21-22,24-25H,10-13,15-16H2,1-2H3. The summed E-state index contributed by atoms with van der Waals surface area (Å²) in [5, 5.41) is 0. The third-order valence-corrected chi connectivity index (χ3v) is 5.93. The molecule has 28 heavy (non-hydrogen) atoms. The first kappa shape index (κ1) is 19.1. The third kappa shape index (κ3) is 4.27. The average Bonchev–Trinajstić information content (AvgIpc) is 3.19. The Bertz CT molecular complexity index is 815. The smallest absolute Gasteiger partial charge is 0.241 e. The first-order valence-electron chi connectivity index (χ1n) is 10.2. The van der Waals surface area contributed by atoms with E-state index in [1.54, 1.807) is 0 Å². The molecule has 2 saturated heterocycles. The van der Waals surface area contributed by atoms with Crippen LogP contribution in [0, 0.1) is 13.8 Å². The van der Waals surface area contributed by atoms with Crippen LogP contribution in [-0.4, -0.2) is 47.9 Å². The van der Waals surface area contributed by atoms with Crippen LogP contribution in [0.1, 0.15) is 34.7 Å². The number of rotatable bonds is 4. The number of nitrogens with zero attached hydrogens (tertiary/aromatic N) is 2. The number of carbonyl (C=O) groups is 1. The normalized spacial score (nSPS) is 23.1. The molecule has 4 rings (SSSR count). The largest absolute Gasteiger partial charge is 0.339 e. The quantitative estimate of drug-likeness (QED) is 0.859. The lowest BCUT2D eigenvalue weighted by molar-refractivity contribution is -0.135. The highest BCUT2D eigenvalue weighted by Gasteiger charge is 2.34. The van der Waals surface area contributed by atoms with Gasteiger partial charge in [0.2, 0.25) is 5.91 Å². The van der Waals surface area contributed by atoms with Gasteiger partial charge in [0.05, 0.1) is 0 Å². The van der Waals surface area contributed by atoms with Gasteiger partial charge in [0.25, 0.3) is 0 Å².